The summed E-state index contributed by atoms with van der Waals surface area (Å²) in [7, 11) is 0. The molecule has 2 fully saturated rings. The topological polar surface area (TPSA) is 28.2 Å². The van der Waals surface area contributed by atoms with Crippen LogP contribution in [0.1, 0.15) is 24.6 Å². The van der Waals surface area contributed by atoms with Crippen LogP contribution in [0.4, 0.5) is 4.39 Å². The molecule has 114 valence electrons. The van der Waals surface area contributed by atoms with Crippen molar-refractivity contribution in [2.24, 2.45) is 0 Å². The van der Waals surface area contributed by atoms with Crippen molar-refractivity contribution in [1.82, 2.24) is 15.2 Å². The van der Waals surface area contributed by atoms with Gasteiger partial charge in [0.1, 0.15) is 5.82 Å². The first-order chi connectivity index (χ1) is 10.8. The number of benzene rings is 1. The molecule has 2 saturated heterocycles. The Morgan fingerprint density at radius 3 is 2.95 bits per heavy atom. The maximum absolute atomic E-state index is 13.3. The molecule has 4 heteroatoms. The van der Waals surface area contributed by atoms with Crippen molar-refractivity contribution in [3.05, 3.63) is 54.1 Å². The van der Waals surface area contributed by atoms with Crippen molar-refractivity contribution in [3.8, 4) is 11.1 Å². The third-order valence-electron chi connectivity index (χ3n) is 4.78. The fourth-order valence-electron chi connectivity index (χ4n) is 3.60. The van der Waals surface area contributed by atoms with E-state index in [0.29, 0.717) is 12.1 Å². The Kier molecular flexibility index (Phi) is 3.64. The van der Waals surface area contributed by atoms with Crippen molar-refractivity contribution in [2.45, 2.75) is 24.9 Å². The molecule has 0 spiro atoms. The molecule has 1 N–H and O–H groups in total. The molecule has 1 aromatic heterocycles. The van der Waals surface area contributed by atoms with Gasteiger partial charge in [-0.15, -0.1) is 0 Å². The van der Waals surface area contributed by atoms with Crippen LogP contribution >= 0.6 is 0 Å². The van der Waals surface area contributed by atoms with Gasteiger partial charge in [0.15, 0.2) is 0 Å². The van der Waals surface area contributed by atoms with E-state index in [2.05, 4.69) is 21.3 Å². The van der Waals surface area contributed by atoms with E-state index >= 15 is 0 Å². The van der Waals surface area contributed by atoms with E-state index in [4.69, 9.17) is 0 Å². The lowest BCUT2D eigenvalue weighted by Gasteiger charge is -2.43. The fraction of sp³-hybridized carbons (Fsp3) is 0.389. The maximum Gasteiger partial charge on any atom is 0.123 e. The highest BCUT2D eigenvalue weighted by Gasteiger charge is 2.32. The molecule has 0 saturated carbocycles. The summed E-state index contributed by atoms with van der Waals surface area (Å²) in [6, 6.07) is 11.8. The molecule has 2 aromatic rings. The van der Waals surface area contributed by atoms with Crippen molar-refractivity contribution in [3.63, 3.8) is 0 Å². The molecule has 3 atom stereocenters. The highest BCUT2D eigenvalue weighted by Crippen LogP contribution is 2.28. The molecule has 3 unspecified atom stereocenters. The Hall–Kier alpha value is -1.78. The predicted molar refractivity (Wildman–Crippen MR) is 85.0 cm³/mol. The van der Waals surface area contributed by atoms with Gasteiger partial charge in [0.2, 0.25) is 0 Å². The zero-order valence-electron chi connectivity index (χ0n) is 12.5. The first-order valence-corrected chi connectivity index (χ1v) is 7.99. The van der Waals surface area contributed by atoms with E-state index in [-0.39, 0.29) is 5.82 Å². The van der Waals surface area contributed by atoms with Crippen LogP contribution < -0.4 is 5.32 Å². The van der Waals surface area contributed by atoms with E-state index in [1.54, 1.807) is 12.1 Å². The van der Waals surface area contributed by atoms with E-state index in [9.17, 15) is 4.39 Å². The lowest BCUT2D eigenvalue weighted by atomic mass is 9.97. The van der Waals surface area contributed by atoms with E-state index < -0.39 is 0 Å². The van der Waals surface area contributed by atoms with E-state index in [1.165, 1.54) is 18.9 Å². The summed E-state index contributed by atoms with van der Waals surface area (Å²) in [6.45, 7) is 3.26. The average Bonchev–Trinajstić information content (AvgIpc) is 2.56. The van der Waals surface area contributed by atoms with Gasteiger partial charge < -0.3 is 5.32 Å². The van der Waals surface area contributed by atoms with E-state index in [1.807, 2.05) is 18.3 Å². The number of nitrogens with zero attached hydrogens (tertiary/aromatic N) is 2. The molecule has 2 bridgehead atoms. The summed E-state index contributed by atoms with van der Waals surface area (Å²) in [4.78, 5) is 7.19. The lowest BCUT2D eigenvalue weighted by Crippen LogP contribution is -2.55. The summed E-state index contributed by atoms with van der Waals surface area (Å²) in [5, 5.41) is 3.62. The highest BCUT2D eigenvalue weighted by atomic mass is 19.1. The second kappa shape index (κ2) is 5.78. The fourth-order valence-corrected chi connectivity index (χ4v) is 3.60. The number of aromatic nitrogens is 1. The predicted octanol–water partition coefficient (Wildman–Crippen LogP) is 3.00. The number of rotatable bonds is 2. The van der Waals surface area contributed by atoms with Gasteiger partial charge in [0.05, 0.1) is 11.7 Å². The number of hydrogen-bond acceptors (Lipinski definition) is 3. The Balaban J connectivity index is 1.57. The molecule has 0 radical (unpaired) electrons. The summed E-state index contributed by atoms with van der Waals surface area (Å²) >= 11 is 0. The molecular weight excluding hydrogens is 277 g/mol. The molecule has 2 aliphatic rings. The summed E-state index contributed by atoms with van der Waals surface area (Å²) < 4.78 is 13.3. The van der Waals surface area contributed by atoms with Gasteiger partial charge in [-0.25, -0.2) is 4.39 Å². The third-order valence-corrected chi connectivity index (χ3v) is 4.78. The molecular formula is C18H20FN3. The number of pyridine rings is 1. The highest BCUT2D eigenvalue weighted by molar-refractivity contribution is 5.62. The van der Waals surface area contributed by atoms with Crippen LogP contribution in [-0.2, 0) is 0 Å². The monoisotopic (exact) mass is 297 g/mol. The maximum atomic E-state index is 13.3. The normalized spacial score (nSPS) is 27.6. The van der Waals surface area contributed by atoms with Crippen molar-refractivity contribution in [1.29, 1.82) is 0 Å². The van der Waals surface area contributed by atoms with Gasteiger partial charge in [-0.1, -0.05) is 18.2 Å². The SMILES string of the molecule is Fc1cccc(-c2ccc(C3CNC4CCCN3C4)nc2)c1. The van der Waals surface area contributed by atoms with Crippen LogP contribution in [-0.4, -0.2) is 35.6 Å². The summed E-state index contributed by atoms with van der Waals surface area (Å²) in [5.74, 6) is -0.211. The quantitative estimate of drug-likeness (QED) is 0.923. The first-order valence-electron chi connectivity index (χ1n) is 7.99. The van der Waals surface area contributed by atoms with Crippen LogP contribution in [0.25, 0.3) is 11.1 Å². The Morgan fingerprint density at radius 2 is 2.14 bits per heavy atom. The van der Waals surface area contributed by atoms with Gasteiger partial charge in [0.25, 0.3) is 0 Å². The molecule has 22 heavy (non-hydrogen) atoms. The van der Waals surface area contributed by atoms with Crippen molar-refractivity contribution >= 4 is 0 Å². The Morgan fingerprint density at radius 1 is 1.18 bits per heavy atom. The van der Waals surface area contributed by atoms with Gasteiger partial charge in [-0.2, -0.15) is 0 Å². The lowest BCUT2D eigenvalue weighted by molar-refractivity contribution is 0.0900. The van der Waals surface area contributed by atoms with Crippen molar-refractivity contribution in [2.75, 3.05) is 19.6 Å². The average molecular weight is 297 g/mol. The zero-order valence-corrected chi connectivity index (χ0v) is 12.5. The molecule has 0 amide bonds. The third kappa shape index (κ3) is 2.64. The van der Waals surface area contributed by atoms with Crippen LogP contribution in [0.15, 0.2) is 42.6 Å². The smallest absolute Gasteiger partial charge is 0.123 e. The number of nitrogens with one attached hydrogen (secondary N) is 1. The molecule has 4 rings (SSSR count). The number of piperazine rings is 1. The number of fused-ring (bicyclic) bond motifs is 2. The minimum atomic E-state index is -0.211. The van der Waals surface area contributed by atoms with Gasteiger partial charge in [-0.3, -0.25) is 9.88 Å². The minimum absolute atomic E-state index is 0.211. The Labute approximate surface area is 130 Å². The van der Waals surface area contributed by atoms with Crippen molar-refractivity contribution < 1.29 is 4.39 Å². The van der Waals surface area contributed by atoms with Gasteiger partial charge in [-0.05, 0) is 43.1 Å². The van der Waals surface area contributed by atoms with Gasteiger partial charge in [0, 0.05) is 30.9 Å². The summed E-state index contributed by atoms with van der Waals surface area (Å²) in [6.07, 6.45) is 4.41. The minimum Gasteiger partial charge on any atom is -0.311 e. The summed E-state index contributed by atoms with van der Waals surface area (Å²) in [5.41, 5.74) is 2.94. The molecule has 3 heterocycles. The van der Waals surface area contributed by atoms with Crippen LogP contribution in [0.3, 0.4) is 0 Å². The molecule has 1 aromatic carbocycles. The molecule has 0 aliphatic carbocycles. The Bertz CT molecular complexity index is 656. The largest absolute Gasteiger partial charge is 0.311 e. The number of halogens is 1. The van der Waals surface area contributed by atoms with Crippen LogP contribution in [0.2, 0.25) is 0 Å². The number of piperidine rings is 1. The van der Waals surface area contributed by atoms with E-state index in [0.717, 1.165) is 36.5 Å². The van der Waals surface area contributed by atoms with Crippen LogP contribution in [0, 0.1) is 5.82 Å². The number of hydrogen-bond donors (Lipinski definition) is 1. The molecule has 2 aliphatic heterocycles. The first kappa shape index (κ1) is 13.9. The standard InChI is InChI=1S/C18H20FN3/c19-15-4-1-3-13(9-15)14-6-7-17(21-10-14)18-11-20-16-5-2-8-22(18)12-16/h1,3-4,6-7,9-10,16,18,20H,2,5,8,11-12H2. The second-order valence-corrected chi connectivity index (χ2v) is 6.24. The molecule has 3 nitrogen and oxygen atoms in total. The zero-order chi connectivity index (χ0) is 14.9. The van der Waals surface area contributed by atoms with Crippen LogP contribution in [0.5, 0.6) is 0 Å². The second-order valence-electron chi connectivity index (χ2n) is 6.24. The van der Waals surface area contributed by atoms with Gasteiger partial charge >= 0.3 is 0 Å².